The van der Waals surface area contributed by atoms with E-state index in [2.05, 4.69) is 15.2 Å². The predicted octanol–water partition coefficient (Wildman–Crippen LogP) is 1.50. The number of morpholine rings is 1. The number of nitrogens with one attached hydrogen (secondary N) is 1. The Hall–Kier alpha value is -1.45. The van der Waals surface area contributed by atoms with Gasteiger partial charge in [0.2, 0.25) is 0 Å². The highest BCUT2D eigenvalue weighted by atomic mass is 33.1. The normalized spacial score (nSPS) is 14.4. The van der Waals surface area contributed by atoms with Gasteiger partial charge >= 0.3 is 5.97 Å². The van der Waals surface area contributed by atoms with Crippen molar-refractivity contribution in [1.29, 1.82) is 0 Å². The third kappa shape index (κ3) is 6.58. The van der Waals surface area contributed by atoms with E-state index in [1.165, 1.54) is 10.8 Å². The third-order valence-electron chi connectivity index (χ3n) is 3.31. The Kier molecular flexibility index (Phi) is 8.20. The number of nitrogens with zero attached hydrogens (tertiary/aromatic N) is 2. The Balaban J connectivity index is 1.71. The lowest BCUT2D eigenvalue weighted by Crippen LogP contribution is -2.36. The van der Waals surface area contributed by atoms with Crippen molar-refractivity contribution in [3.8, 4) is 0 Å². The summed E-state index contributed by atoms with van der Waals surface area (Å²) in [6.07, 6.45) is 1.80. The van der Waals surface area contributed by atoms with Crippen LogP contribution in [0.15, 0.2) is 18.3 Å². The number of amides is 1. The number of aliphatic carboxylic acids is 1. The van der Waals surface area contributed by atoms with Crippen LogP contribution in [0.2, 0.25) is 0 Å². The SMILES string of the molecule is O=C(O)CCSSCCNC(=O)c1cc(N2CCOCC2)ccn1. The van der Waals surface area contributed by atoms with Gasteiger partial charge in [-0.3, -0.25) is 14.6 Å². The standard InChI is InChI=1S/C15H21N3O4S2/c19-14(20)2-9-23-24-10-4-17-15(21)13-11-12(1-3-16-13)18-5-7-22-8-6-18/h1,3,11H,2,4-10H2,(H,17,21)(H,19,20). The van der Waals surface area contributed by atoms with Gasteiger partial charge in [0, 0.05) is 43.0 Å². The number of carboxylic acid groups (broad SMARTS) is 1. The Morgan fingerprint density at radius 2 is 2.04 bits per heavy atom. The number of rotatable bonds is 9. The van der Waals surface area contributed by atoms with Crippen LogP contribution in [0.3, 0.4) is 0 Å². The summed E-state index contributed by atoms with van der Waals surface area (Å²) < 4.78 is 5.33. The lowest BCUT2D eigenvalue weighted by Gasteiger charge is -2.28. The van der Waals surface area contributed by atoms with Crippen LogP contribution < -0.4 is 10.2 Å². The maximum atomic E-state index is 12.1. The molecule has 0 saturated carbocycles. The fraction of sp³-hybridized carbons (Fsp3) is 0.533. The number of carbonyl (C=O) groups is 2. The van der Waals surface area contributed by atoms with Crippen LogP contribution in [0.5, 0.6) is 0 Å². The molecule has 2 N–H and O–H groups in total. The minimum absolute atomic E-state index is 0.155. The first-order valence-electron chi connectivity index (χ1n) is 7.70. The van der Waals surface area contributed by atoms with Crippen LogP contribution in [0.25, 0.3) is 0 Å². The predicted molar refractivity (Wildman–Crippen MR) is 96.8 cm³/mol. The van der Waals surface area contributed by atoms with E-state index >= 15 is 0 Å². The zero-order valence-electron chi connectivity index (χ0n) is 13.3. The largest absolute Gasteiger partial charge is 0.481 e. The fourth-order valence-corrected chi connectivity index (χ4v) is 3.99. The molecule has 0 atom stereocenters. The summed E-state index contributed by atoms with van der Waals surface area (Å²) in [4.78, 5) is 28.8. The average Bonchev–Trinajstić information content (AvgIpc) is 2.61. The lowest BCUT2D eigenvalue weighted by molar-refractivity contribution is -0.136. The monoisotopic (exact) mass is 371 g/mol. The van der Waals surface area contributed by atoms with Gasteiger partial charge in [-0.05, 0) is 12.1 Å². The first-order chi connectivity index (χ1) is 11.7. The van der Waals surface area contributed by atoms with E-state index in [-0.39, 0.29) is 12.3 Å². The first-order valence-corrected chi connectivity index (χ1v) is 10.2. The van der Waals surface area contributed by atoms with Crippen molar-refractivity contribution in [2.45, 2.75) is 6.42 Å². The third-order valence-corrected chi connectivity index (χ3v) is 5.71. The molecule has 2 heterocycles. The molecule has 1 amide bonds. The highest BCUT2D eigenvalue weighted by Gasteiger charge is 2.14. The molecule has 0 unspecified atom stereocenters. The second-order valence-electron chi connectivity index (χ2n) is 5.04. The van der Waals surface area contributed by atoms with Gasteiger partial charge in [0.05, 0.1) is 19.6 Å². The van der Waals surface area contributed by atoms with E-state index in [1.807, 2.05) is 6.07 Å². The van der Waals surface area contributed by atoms with Crippen molar-refractivity contribution in [2.24, 2.45) is 0 Å². The highest BCUT2D eigenvalue weighted by molar-refractivity contribution is 8.76. The molecule has 1 aromatic heterocycles. The van der Waals surface area contributed by atoms with Crippen LogP contribution in [0, 0.1) is 0 Å². The second kappa shape index (κ2) is 10.4. The summed E-state index contributed by atoms with van der Waals surface area (Å²) in [5.74, 6) is 0.305. The molecule has 0 aromatic carbocycles. The van der Waals surface area contributed by atoms with Crippen molar-refractivity contribution in [2.75, 3.05) is 49.3 Å². The van der Waals surface area contributed by atoms with Gasteiger partial charge in [-0.1, -0.05) is 21.6 Å². The first kappa shape index (κ1) is 18.9. The van der Waals surface area contributed by atoms with Gasteiger partial charge in [0.15, 0.2) is 0 Å². The van der Waals surface area contributed by atoms with Crippen molar-refractivity contribution < 1.29 is 19.4 Å². The van der Waals surface area contributed by atoms with Crippen molar-refractivity contribution in [3.63, 3.8) is 0 Å². The maximum Gasteiger partial charge on any atom is 0.304 e. The van der Waals surface area contributed by atoms with Crippen LogP contribution in [0.4, 0.5) is 5.69 Å². The van der Waals surface area contributed by atoms with E-state index in [1.54, 1.807) is 23.1 Å². The molecule has 1 aromatic rings. The molecule has 0 aliphatic carbocycles. The molecule has 0 radical (unpaired) electrons. The van der Waals surface area contributed by atoms with Gasteiger partial charge in [-0.25, -0.2) is 0 Å². The Morgan fingerprint density at radius 3 is 2.79 bits per heavy atom. The molecule has 7 nitrogen and oxygen atoms in total. The number of ether oxygens (including phenoxy) is 1. The van der Waals surface area contributed by atoms with Gasteiger partial charge in [0.1, 0.15) is 5.69 Å². The minimum atomic E-state index is -0.789. The van der Waals surface area contributed by atoms with Crippen LogP contribution in [0.1, 0.15) is 16.9 Å². The molecular formula is C15H21N3O4S2. The molecule has 0 bridgehead atoms. The number of aromatic nitrogens is 1. The van der Waals surface area contributed by atoms with E-state index < -0.39 is 5.97 Å². The number of hydrogen-bond acceptors (Lipinski definition) is 7. The smallest absolute Gasteiger partial charge is 0.304 e. The highest BCUT2D eigenvalue weighted by Crippen LogP contribution is 2.21. The molecule has 1 aliphatic heterocycles. The minimum Gasteiger partial charge on any atom is -0.481 e. The second-order valence-corrected chi connectivity index (χ2v) is 7.74. The van der Waals surface area contributed by atoms with Gasteiger partial charge in [0.25, 0.3) is 5.91 Å². The molecule has 1 saturated heterocycles. The number of anilines is 1. The molecular weight excluding hydrogens is 350 g/mol. The van der Waals surface area contributed by atoms with Crippen molar-refractivity contribution in [3.05, 3.63) is 24.0 Å². The van der Waals surface area contributed by atoms with Crippen LogP contribution in [-0.4, -0.2) is 66.3 Å². The molecule has 1 fully saturated rings. The van der Waals surface area contributed by atoms with Crippen molar-refractivity contribution in [1.82, 2.24) is 10.3 Å². The molecule has 132 valence electrons. The van der Waals surface area contributed by atoms with Crippen LogP contribution in [-0.2, 0) is 9.53 Å². The van der Waals surface area contributed by atoms with Crippen LogP contribution >= 0.6 is 21.6 Å². The zero-order valence-corrected chi connectivity index (χ0v) is 14.9. The van der Waals surface area contributed by atoms with Gasteiger partial charge in [-0.2, -0.15) is 0 Å². The molecule has 0 spiro atoms. The maximum absolute atomic E-state index is 12.1. The van der Waals surface area contributed by atoms with E-state index in [4.69, 9.17) is 9.84 Å². The Morgan fingerprint density at radius 1 is 1.29 bits per heavy atom. The summed E-state index contributed by atoms with van der Waals surface area (Å²) in [5.41, 5.74) is 1.39. The summed E-state index contributed by atoms with van der Waals surface area (Å²) in [7, 11) is 3.06. The fourth-order valence-electron chi connectivity index (χ4n) is 2.11. The zero-order chi connectivity index (χ0) is 17.2. The number of carbonyl (C=O) groups excluding carboxylic acids is 1. The topological polar surface area (TPSA) is 91.8 Å². The van der Waals surface area contributed by atoms with Crippen molar-refractivity contribution >= 4 is 39.2 Å². The average molecular weight is 371 g/mol. The summed E-state index contributed by atoms with van der Waals surface area (Å²) >= 11 is 0. The number of carboxylic acids is 1. The number of pyridine rings is 1. The van der Waals surface area contributed by atoms with E-state index in [0.29, 0.717) is 31.2 Å². The Labute approximate surface area is 148 Å². The molecule has 1 aliphatic rings. The summed E-state index contributed by atoms with van der Waals surface area (Å²) in [6.45, 7) is 3.54. The number of hydrogen-bond donors (Lipinski definition) is 2. The lowest BCUT2D eigenvalue weighted by atomic mass is 10.2. The molecule has 9 heteroatoms. The van der Waals surface area contributed by atoms with E-state index in [0.717, 1.165) is 24.5 Å². The quantitative estimate of drug-likeness (QED) is 0.498. The Bertz CT molecular complexity index is 553. The summed E-state index contributed by atoms with van der Waals surface area (Å²) in [6, 6.07) is 3.70. The van der Waals surface area contributed by atoms with Gasteiger partial charge in [-0.15, -0.1) is 0 Å². The van der Waals surface area contributed by atoms with E-state index in [9.17, 15) is 9.59 Å². The van der Waals surface area contributed by atoms with Gasteiger partial charge < -0.3 is 20.1 Å². The molecule has 2 rings (SSSR count). The summed E-state index contributed by atoms with van der Waals surface area (Å²) in [5, 5.41) is 11.4. The molecule has 24 heavy (non-hydrogen) atoms.